The molecule has 0 spiro atoms. The Labute approximate surface area is 148 Å². The molecule has 0 aliphatic rings. The van der Waals surface area contributed by atoms with Crippen LogP contribution in [0.25, 0.3) is 0 Å². The van der Waals surface area contributed by atoms with E-state index in [0.717, 1.165) is 5.56 Å². The summed E-state index contributed by atoms with van der Waals surface area (Å²) in [6.07, 6.45) is -0.945. The lowest BCUT2D eigenvalue weighted by Gasteiger charge is -2.19. The molecule has 0 heterocycles. The van der Waals surface area contributed by atoms with Crippen molar-refractivity contribution in [3.05, 3.63) is 66.2 Å². The average Bonchev–Trinajstić information content (AvgIpc) is 2.65. The first-order chi connectivity index (χ1) is 12.1. The molecule has 6 heteroatoms. The van der Waals surface area contributed by atoms with Gasteiger partial charge < -0.3 is 20.5 Å². The van der Waals surface area contributed by atoms with Gasteiger partial charge in [0.25, 0.3) is 0 Å². The van der Waals surface area contributed by atoms with E-state index in [1.165, 1.54) is 0 Å². The lowest BCUT2D eigenvalue weighted by molar-refractivity contribution is 0.103. The fourth-order valence-electron chi connectivity index (χ4n) is 2.16. The minimum atomic E-state index is -0.670. The van der Waals surface area contributed by atoms with Gasteiger partial charge in [0, 0.05) is 13.1 Å². The van der Waals surface area contributed by atoms with Crippen molar-refractivity contribution in [2.24, 2.45) is 0 Å². The molecule has 0 aliphatic heterocycles. The summed E-state index contributed by atoms with van der Waals surface area (Å²) in [5.74, 6) is 0.716. The zero-order valence-electron chi connectivity index (χ0n) is 14.3. The van der Waals surface area contributed by atoms with Crippen molar-refractivity contribution < 1.29 is 14.6 Å². The second kappa shape index (κ2) is 10.3. The number of hydrogen-bond acceptors (Lipinski definition) is 4. The molecular formula is C19H25N3O3. The van der Waals surface area contributed by atoms with Gasteiger partial charge in [0.15, 0.2) is 0 Å². The molecule has 0 saturated heterocycles. The number of aliphatic hydroxyl groups is 1. The number of aliphatic hydroxyl groups excluding tert-OH is 1. The van der Waals surface area contributed by atoms with Crippen molar-refractivity contribution >= 4 is 6.03 Å². The van der Waals surface area contributed by atoms with Crippen LogP contribution in [0.4, 0.5) is 4.79 Å². The van der Waals surface area contributed by atoms with Gasteiger partial charge in [-0.2, -0.15) is 0 Å². The summed E-state index contributed by atoms with van der Waals surface area (Å²) in [4.78, 5) is 11.8. The van der Waals surface area contributed by atoms with Gasteiger partial charge in [-0.1, -0.05) is 48.5 Å². The molecule has 0 bridgehead atoms. The highest BCUT2D eigenvalue weighted by Crippen LogP contribution is 2.08. The smallest absolute Gasteiger partial charge is 0.316 e. The van der Waals surface area contributed by atoms with E-state index in [9.17, 15) is 9.90 Å². The van der Waals surface area contributed by atoms with Gasteiger partial charge in [0.2, 0.25) is 0 Å². The molecular weight excluding hydrogens is 318 g/mol. The summed E-state index contributed by atoms with van der Waals surface area (Å²) < 4.78 is 5.48. The lowest BCUT2D eigenvalue weighted by atomic mass is 10.2. The maximum absolute atomic E-state index is 11.8. The Kier molecular flexibility index (Phi) is 7.75. The van der Waals surface area contributed by atoms with Crippen LogP contribution in [0.1, 0.15) is 12.5 Å². The molecule has 2 atom stereocenters. The molecule has 6 nitrogen and oxygen atoms in total. The second-order valence-corrected chi connectivity index (χ2v) is 5.72. The van der Waals surface area contributed by atoms with Crippen LogP contribution in [0.15, 0.2) is 60.7 Å². The van der Waals surface area contributed by atoms with Crippen LogP contribution in [-0.2, 0) is 6.54 Å². The molecule has 2 unspecified atom stereocenters. The maximum Gasteiger partial charge on any atom is 0.316 e. The first-order valence-corrected chi connectivity index (χ1v) is 8.31. The van der Waals surface area contributed by atoms with E-state index in [-0.39, 0.29) is 18.8 Å². The summed E-state index contributed by atoms with van der Waals surface area (Å²) in [5, 5.41) is 18.5. The maximum atomic E-state index is 11.8. The third-order valence-electron chi connectivity index (χ3n) is 3.49. The Hall–Kier alpha value is -2.57. The molecule has 4 N–H and O–H groups in total. The number of amides is 2. The minimum Gasteiger partial charge on any atom is -0.491 e. The van der Waals surface area contributed by atoms with Crippen LogP contribution in [0, 0.1) is 0 Å². The highest BCUT2D eigenvalue weighted by Gasteiger charge is 2.10. The van der Waals surface area contributed by atoms with Crippen molar-refractivity contribution in [1.29, 1.82) is 0 Å². The average molecular weight is 343 g/mol. The number of rotatable bonds is 9. The largest absolute Gasteiger partial charge is 0.491 e. The first kappa shape index (κ1) is 18.8. The van der Waals surface area contributed by atoms with Crippen LogP contribution in [0.5, 0.6) is 5.75 Å². The summed E-state index contributed by atoms with van der Waals surface area (Å²) in [5.41, 5.74) is 1.03. The van der Waals surface area contributed by atoms with E-state index in [0.29, 0.717) is 18.8 Å². The number of hydrogen-bond donors (Lipinski definition) is 4. The van der Waals surface area contributed by atoms with Crippen LogP contribution in [-0.4, -0.2) is 36.6 Å². The van der Waals surface area contributed by atoms with Crippen molar-refractivity contribution in [1.82, 2.24) is 16.0 Å². The van der Waals surface area contributed by atoms with E-state index in [2.05, 4.69) is 16.0 Å². The molecule has 25 heavy (non-hydrogen) atoms. The first-order valence-electron chi connectivity index (χ1n) is 8.31. The molecule has 0 aliphatic carbocycles. The summed E-state index contributed by atoms with van der Waals surface area (Å²) in [7, 11) is 0. The lowest BCUT2D eigenvalue weighted by Crippen LogP contribution is -2.49. The Morgan fingerprint density at radius 3 is 2.40 bits per heavy atom. The van der Waals surface area contributed by atoms with Crippen LogP contribution in [0.2, 0.25) is 0 Å². The Morgan fingerprint density at radius 1 is 1.08 bits per heavy atom. The molecule has 0 saturated carbocycles. The van der Waals surface area contributed by atoms with Crippen molar-refractivity contribution in [3.63, 3.8) is 0 Å². The van der Waals surface area contributed by atoms with E-state index in [1.54, 1.807) is 0 Å². The molecule has 2 aromatic rings. The highest BCUT2D eigenvalue weighted by atomic mass is 16.5. The number of nitrogens with one attached hydrogen (secondary N) is 3. The Bertz CT molecular complexity index is 622. The quantitative estimate of drug-likeness (QED) is 0.524. The van der Waals surface area contributed by atoms with E-state index in [1.807, 2.05) is 67.6 Å². The summed E-state index contributed by atoms with van der Waals surface area (Å²) in [6.45, 7) is 2.77. The molecule has 0 fully saturated rings. The third kappa shape index (κ3) is 7.69. The van der Waals surface area contributed by atoms with E-state index < -0.39 is 6.10 Å². The normalized spacial score (nSPS) is 12.9. The van der Waals surface area contributed by atoms with Gasteiger partial charge >= 0.3 is 6.03 Å². The Balaban J connectivity index is 1.59. The van der Waals surface area contributed by atoms with Gasteiger partial charge in [-0.05, 0) is 24.6 Å². The van der Waals surface area contributed by atoms with Crippen LogP contribution >= 0.6 is 0 Å². The number of ether oxygens (including phenoxy) is 1. The molecule has 2 rings (SSSR count). The zero-order valence-corrected chi connectivity index (χ0v) is 14.3. The number of benzene rings is 2. The predicted molar refractivity (Wildman–Crippen MR) is 97.2 cm³/mol. The van der Waals surface area contributed by atoms with Gasteiger partial charge in [0.05, 0.1) is 6.17 Å². The van der Waals surface area contributed by atoms with E-state index in [4.69, 9.17) is 4.74 Å². The fraction of sp³-hybridized carbons (Fsp3) is 0.316. The number of carbonyl (C=O) groups is 1. The number of carbonyl (C=O) groups excluding carboxylic acids is 1. The van der Waals surface area contributed by atoms with Gasteiger partial charge in [-0.15, -0.1) is 0 Å². The van der Waals surface area contributed by atoms with Gasteiger partial charge in [0.1, 0.15) is 18.5 Å². The topological polar surface area (TPSA) is 82.6 Å². The molecule has 2 amide bonds. The number of urea groups is 1. The van der Waals surface area contributed by atoms with Gasteiger partial charge in [-0.3, -0.25) is 5.32 Å². The van der Waals surface area contributed by atoms with Crippen molar-refractivity contribution in [2.45, 2.75) is 25.7 Å². The highest BCUT2D eigenvalue weighted by molar-refractivity contribution is 5.74. The van der Waals surface area contributed by atoms with Gasteiger partial charge in [-0.25, -0.2) is 4.79 Å². The van der Waals surface area contributed by atoms with Crippen molar-refractivity contribution in [2.75, 3.05) is 13.2 Å². The van der Waals surface area contributed by atoms with Crippen LogP contribution in [0.3, 0.4) is 0 Å². The molecule has 0 aromatic heterocycles. The zero-order chi connectivity index (χ0) is 17.9. The third-order valence-corrected chi connectivity index (χ3v) is 3.49. The Morgan fingerprint density at radius 2 is 1.72 bits per heavy atom. The standard InChI is InChI=1S/C19H25N3O3/c1-15(22-19(24)21-12-16-8-4-2-5-9-16)20-13-17(23)14-25-18-10-6-3-7-11-18/h2-11,15,17,20,23H,12-14H2,1H3,(H2,21,22,24). The summed E-state index contributed by atoms with van der Waals surface area (Å²) >= 11 is 0. The fourth-order valence-corrected chi connectivity index (χ4v) is 2.16. The minimum absolute atomic E-state index is 0.184. The number of para-hydroxylation sites is 1. The monoisotopic (exact) mass is 343 g/mol. The summed E-state index contributed by atoms with van der Waals surface area (Å²) in [6, 6.07) is 18.7. The van der Waals surface area contributed by atoms with Crippen LogP contribution < -0.4 is 20.7 Å². The van der Waals surface area contributed by atoms with Crippen molar-refractivity contribution in [3.8, 4) is 5.75 Å². The molecule has 134 valence electrons. The van der Waals surface area contributed by atoms with E-state index >= 15 is 0 Å². The second-order valence-electron chi connectivity index (χ2n) is 5.72. The molecule has 0 radical (unpaired) electrons. The predicted octanol–water partition coefficient (Wildman–Crippen LogP) is 1.86. The molecule has 2 aromatic carbocycles. The SMILES string of the molecule is CC(NCC(O)COc1ccccc1)NC(=O)NCc1ccccc1.